The quantitative estimate of drug-likeness (QED) is 0.850. The van der Waals surface area contributed by atoms with Crippen LogP contribution in [0.3, 0.4) is 0 Å². The lowest BCUT2D eigenvalue weighted by molar-refractivity contribution is 0.576. The van der Waals surface area contributed by atoms with Crippen molar-refractivity contribution < 1.29 is 4.39 Å². The van der Waals surface area contributed by atoms with Crippen LogP contribution in [0.1, 0.15) is 25.0 Å². The van der Waals surface area contributed by atoms with Gasteiger partial charge in [-0.05, 0) is 43.5 Å². The van der Waals surface area contributed by atoms with Gasteiger partial charge in [0.15, 0.2) is 5.13 Å². The van der Waals surface area contributed by atoms with Crippen molar-refractivity contribution in [2.45, 2.75) is 25.8 Å². The lowest BCUT2D eigenvalue weighted by Crippen LogP contribution is -2.29. The standard InChI is InChI=1S/C15H18FN3S.2ClH/c16-12-4-6-13(7-5-12)17-10-14-11-20-15(18-14)19-8-2-1-3-9-19;;/h4-7,11,17H,1-3,8-10H2;2*1H. The van der Waals surface area contributed by atoms with Crippen molar-refractivity contribution in [3.05, 3.63) is 41.2 Å². The third-order valence-corrected chi connectivity index (χ3v) is 4.43. The smallest absolute Gasteiger partial charge is 0.185 e. The fourth-order valence-electron chi connectivity index (χ4n) is 2.37. The van der Waals surface area contributed by atoms with E-state index in [9.17, 15) is 4.39 Å². The van der Waals surface area contributed by atoms with Gasteiger partial charge in [-0.3, -0.25) is 0 Å². The number of hydrogen-bond donors (Lipinski definition) is 1. The van der Waals surface area contributed by atoms with E-state index in [-0.39, 0.29) is 30.6 Å². The number of nitrogens with one attached hydrogen (secondary N) is 1. The molecule has 0 unspecified atom stereocenters. The van der Waals surface area contributed by atoms with Crippen LogP contribution in [0.15, 0.2) is 29.6 Å². The molecule has 0 amide bonds. The number of halogens is 3. The highest BCUT2D eigenvalue weighted by Gasteiger charge is 2.14. The molecule has 1 aliphatic rings. The summed E-state index contributed by atoms with van der Waals surface area (Å²) in [7, 11) is 0. The van der Waals surface area contributed by atoms with Gasteiger partial charge in [0.2, 0.25) is 0 Å². The fraction of sp³-hybridized carbons (Fsp3) is 0.400. The molecule has 0 saturated carbocycles. The fourth-order valence-corrected chi connectivity index (χ4v) is 3.25. The van der Waals surface area contributed by atoms with Crippen LogP contribution in [-0.4, -0.2) is 18.1 Å². The summed E-state index contributed by atoms with van der Waals surface area (Å²) >= 11 is 1.71. The maximum Gasteiger partial charge on any atom is 0.185 e. The Labute approximate surface area is 146 Å². The number of nitrogens with zero attached hydrogens (tertiary/aromatic N) is 2. The molecule has 0 radical (unpaired) electrons. The Bertz CT molecular complexity index is 556. The molecule has 1 saturated heterocycles. The van der Waals surface area contributed by atoms with Crippen LogP contribution in [0.4, 0.5) is 15.2 Å². The highest BCUT2D eigenvalue weighted by molar-refractivity contribution is 7.13. The minimum atomic E-state index is -0.211. The molecule has 1 aromatic heterocycles. The van der Waals surface area contributed by atoms with E-state index in [4.69, 9.17) is 0 Å². The highest BCUT2D eigenvalue weighted by atomic mass is 35.5. The van der Waals surface area contributed by atoms with E-state index >= 15 is 0 Å². The van der Waals surface area contributed by atoms with E-state index in [0.29, 0.717) is 6.54 Å². The minimum Gasteiger partial charge on any atom is -0.379 e. The number of thiazole rings is 1. The molecule has 122 valence electrons. The zero-order valence-electron chi connectivity index (χ0n) is 12.1. The maximum absolute atomic E-state index is 12.8. The molecule has 1 aliphatic heterocycles. The van der Waals surface area contributed by atoms with E-state index in [2.05, 4.69) is 20.6 Å². The average molecular weight is 364 g/mol. The molecule has 0 spiro atoms. The summed E-state index contributed by atoms with van der Waals surface area (Å²) in [6.45, 7) is 2.92. The monoisotopic (exact) mass is 363 g/mol. The van der Waals surface area contributed by atoms with E-state index in [1.165, 1.54) is 31.4 Å². The summed E-state index contributed by atoms with van der Waals surface area (Å²) in [5.41, 5.74) is 1.96. The predicted molar refractivity (Wildman–Crippen MR) is 96.4 cm³/mol. The molecule has 3 nitrogen and oxygen atoms in total. The number of anilines is 2. The lowest BCUT2D eigenvalue weighted by atomic mass is 10.1. The first-order valence-corrected chi connectivity index (χ1v) is 7.88. The van der Waals surface area contributed by atoms with Gasteiger partial charge in [-0.15, -0.1) is 36.2 Å². The Balaban J connectivity index is 0.00000121. The zero-order chi connectivity index (χ0) is 13.8. The summed E-state index contributed by atoms with van der Waals surface area (Å²) in [4.78, 5) is 7.05. The van der Waals surface area contributed by atoms with E-state index in [1.807, 2.05) is 0 Å². The van der Waals surface area contributed by atoms with Gasteiger partial charge in [0.25, 0.3) is 0 Å². The number of benzene rings is 1. The second kappa shape index (κ2) is 9.18. The average Bonchev–Trinajstić information content (AvgIpc) is 2.97. The maximum atomic E-state index is 12.8. The third-order valence-electron chi connectivity index (χ3n) is 3.48. The summed E-state index contributed by atoms with van der Waals surface area (Å²) < 4.78 is 12.8. The molecule has 0 aliphatic carbocycles. The topological polar surface area (TPSA) is 28.2 Å². The van der Waals surface area contributed by atoms with Crippen LogP contribution in [0.2, 0.25) is 0 Å². The van der Waals surface area contributed by atoms with Crippen LogP contribution in [0.25, 0.3) is 0 Å². The molecule has 7 heteroatoms. The van der Waals surface area contributed by atoms with Crippen molar-refractivity contribution in [1.82, 2.24) is 4.98 Å². The van der Waals surface area contributed by atoms with Gasteiger partial charge >= 0.3 is 0 Å². The predicted octanol–water partition coefficient (Wildman–Crippen LogP) is 4.73. The first-order valence-electron chi connectivity index (χ1n) is 7.00. The van der Waals surface area contributed by atoms with Gasteiger partial charge in [0.1, 0.15) is 5.82 Å². The summed E-state index contributed by atoms with van der Waals surface area (Å²) in [5.74, 6) is -0.211. The van der Waals surface area contributed by atoms with Crippen molar-refractivity contribution in [3.8, 4) is 0 Å². The zero-order valence-corrected chi connectivity index (χ0v) is 14.6. The molecule has 0 atom stereocenters. The summed E-state index contributed by atoms with van der Waals surface area (Å²) in [6, 6.07) is 6.41. The van der Waals surface area contributed by atoms with E-state index < -0.39 is 0 Å². The van der Waals surface area contributed by atoms with Crippen LogP contribution < -0.4 is 10.2 Å². The van der Waals surface area contributed by atoms with Crippen LogP contribution in [0.5, 0.6) is 0 Å². The summed E-state index contributed by atoms with van der Waals surface area (Å²) in [5, 5.41) is 6.49. The van der Waals surface area contributed by atoms with Crippen LogP contribution in [0, 0.1) is 5.82 Å². The molecule has 0 bridgehead atoms. The Morgan fingerprint density at radius 3 is 2.45 bits per heavy atom. The van der Waals surface area contributed by atoms with Gasteiger partial charge in [0, 0.05) is 24.2 Å². The van der Waals surface area contributed by atoms with E-state index in [0.717, 1.165) is 29.6 Å². The lowest BCUT2D eigenvalue weighted by Gasteiger charge is -2.25. The normalized spacial score (nSPS) is 14.0. The Morgan fingerprint density at radius 2 is 1.77 bits per heavy atom. The number of rotatable bonds is 4. The highest BCUT2D eigenvalue weighted by Crippen LogP contribution is 2.24. The van der Waals surface area contributed by atoms with Crippen molar-refractivity contribution in [3.63, 3.8) is 0 Å². The Hall–Kier alpha value is -1.04. The van der Waals surface area contributed by atoms with Crippen molar-refractivity contribution >= 4 is 47.0 Å². The number of piperidine rings is 1. The molecule has 1 fully saturated rings. The van der Waals surface area contributed by atoms with Gasteiger partial charge in [-0.1, -0.05) is 0 Å². The molecule has 1 aromatic carbocycles. The molecule has 3 rings (SSSR count). The van der Waals surface area contributed by atoms with Gasteiger partial charge in [-0.2, -0.15) is 0 Å². The first kappa shape index (κ1) is 19.0. The van der Waals surface area contributed by atoms with Gasteiger partial charge in [-0.25, -0.2) is 9.37 Å². The van der Waals surface area contributed by atoms with Crippen LogP contribution >= 0.6 is 36.2 Å². The van der Waals surface area contributed by atoms with Crippen LogP contribution in [-0.2, 0) is 6.54 Å². The molecule has 2 heterocycles. The second-order valence-corrected chi connectivity index (χ2v) is 5.87. The van der Waals surface area contributed by atoms with Crippen molar-refractivity contribution in [1.29, 1.82) is 0 Å². The molecule has 2 aromatic rings. The van der Waals surface area contributed by atoms with Gasteiger partial charge in [0.05, 0.1) is 12.2 Å². The Morgan fingerprint density at radius 1 is 1.09 bits per heavy atom. The Kier molecular flexibility index (Phi) is 7.93. The number of aromatic nitrogens is 1. The van der Waals surface area contributed by atoms with Crippen molar-refractivity contribution in [2.24, 2.45) is 0 Å². The molecular weight excluding hydrogens is 344 g/mol. The SMILES string of the molecule is Cl.Cl.Fc1ccc(NCc2csc(N3CCCCC3)n2)cc1. The summed E-state index contributed by atoms with van der Waals surface area (Å²) in [6.07, 6.45) is 3.87. The van der Waals surface area contributed by atoms with Crippen molar-refractivity contribution in [2.75, 3.05) is 23.3 Å². The minimum absolute atomic E-state index is 0. The number of hydrogen-bond acceptors (Lipinski definition) is 4. The molecule has 1 N–H and O–H groups in total. The molecular formula is C15H20Cl2FN3S. The van der Waals surface area contributed by atoms with Gasteiger partial charge < -0.3 is 10.2 Å². The first-order chi connectivity index (χ1) is 9.81. The second-order valence-electron chi connectivity index (χ2n) is 5.03. The third kappa shape index (κ3) is 5.00. The molecule has 22 heavy (non-hydrogen) atoms. The van der Waals surface area contributed by atoms with E-state index in [1.54, 1.807) is 23.5 Å². The largest absolute Gasteiger partial charge is 0.379 e.